The van der Waals surface area contributed by atoms with Gasteiger partial charge >= 0.3 is 8.56 Å². The molecule has 1 amide bonds. The van der Waals surface area contributed by atoms with Crippen LogP contribution in [-0.4, -0.2) is 44.9 Å². The minimum absolute atomic E-state index is 0.348. The monoisotopic (exact) mass is 277 g/mol. The molecule has 0 aromatic carbocycles. The number of carbonyl (C=O) groups excluding carboxylic acids is 1. The van der Waals surface area contributed by atoms with Crippen LogP contribution in [0.5, 0.6) is 0 Å². The lowest BCUT2D eigenvalue weighted by molar-refractivity contribution is -0.136. The third-order valence-corrected chi connectivity index (χ3v) is 5.61. The minimum Gasteiger partial charge on any atom is -0.395 e. The Morgan fingerprint density at radius 1 is 1.28 bits per heavy atom. The number of amides is 1. The molecular formula is C12H27NO4Si. The highest BCUT2D eigenvalue weighted by molar-refractivity contribution is 6.66. The van der Waals surface area contributed by atoms with E-state index in [9.17, 15) is 9.90 Å². The predicted molar refractivity (Wildman–Crippen MR) is 73.6 cm³/mol. The van der Waals surface area contributed by atoms with Crippen LogP contribution in [0.15, 0.2) is 0 Å². The van der Waals surface area contributed by atoms with Crippen molar-refractivity contribution < 1.29 is 18.8 Å². The summed E-state index contributed by atoms with van der Waals surface area (Å²) in [5.74, 6) is -0.348. The van der Waals surface area contributed by atoms with Crippen LogP contribution in [0.1, 0.15) is 34.1 Å². The molecule has 0 aliphatic carbocycles. The highest BCUT2D eigenvalue weighted by atomic mass is 28.4. The number of carbonyl (C=O) groups is 1. The lowest BCUT2D eigenvalue weighted by Gasteiger charge is -2.26. The maximum atomic E-state index is 11.4. The predicted octanol–water partition coefficient (Wildman–Crippen LogP) is 1.41. The molecule has 0 rings (SSSR count). The highest BCUT2D eigenvalue weighted by Crippen LogP contribution is 2.15. The first-order valence-corrected chi connectivity index (χ1v) is 9.06. The van der Waals surface area contributed by atoms with Gasteiger partial charge in [-0.25, -0.2) is 0 Å². The Hall–Kier alpha value is -0.433. The molecule has 0 aromatic heterocycles. The zero-order chi connectivity index (χ0) is 14.2. The maximum Gasteiger partial charge on any atom is 0.334 e. The molecular weight excluding hydrogens is 250 g/mol. The second-order valence-corrected chi connectivity index (χ2v) is 8.26. The SMILES string of the molecule is CCO[Si](C)(CCCNC(=O)C(C)(C)O)OCC. The van der Waals surface area contributed by atoms with Gasteiger partial charge in [-0.2, -0.15) is 0 Å². The summed E-state index contributed by atoms with van der Waals surface area (Å²) in [5, 5.41) is 12.2. The normalized spacial score (nSPS) is 12.6. The first kappa shape index (κ1) is 17.6. The van der Waals surface area contributed by atoms with Crippen LogP contribution in [0.4, 0.5) is 0 Å². The summed E-state index contributed by atoms with van der Waals surface area (Å²) in [5.41, 5.74) is -1.32. The van der Waals surface area contributed by atoms with Crippen LogP contribution in [0.3, 0.4) is 0 Å². The zero-order valence-electron chi connectivity index (χ0n) is 12.2. The van der Waals surface area contributed by atoms with E-state index in [1.807, 2.05) is 20.4 Å². The van der Waals surface area contributed by atoms with Gasteiger partial charge in [0.2, 0.25) is 0 Å². The van der Waals surface area contributed by atoms with Crippen LogP contribution in [0, 0.1) is 0 Å². The van der Waals surface area contributed by atoms with Gasteiger partial charge in [-0.15, -0.1) is 0 Å². The molecule has 0 atom stereocenters. The molecule has 0 saturated heterocycles. The van der Waals surface area contributed by atoms with E-state index in [0.29, 0.717) is 19.8 Å². The summed E-state index contributed by atoms with van der Waals surface area (Å²) in [6.45, 7) is 10.7. The largest absolute Gasteiger partial charge is 0.395 e. The quantitative estimate of drug-likeness (QED) is 0.494. The van der Waals surface area contributed by atoms with E-state index < -0.39 is 14.2 Å². The molecule has 0 radical (unpaired) electrons. The van der Waals surface area contributed by atoms with E-state index in [-0.39, 0.29) is 5.91 Å². The highest BCUT2D eigenvalue weighted by Gasteiger charge is 2.30. The first-order chi connectivity index (χ1) is 8.25. The van der Waals surface area contributed by atoms with E-state index >= 15 is 0 Å². The summed E-state index contributed by atoms with van der Waals surface area (Å²) >= 11 is 0. The van der Waals surface area contributed by atoms with Crippen molar-refractivity contribution in [1.29, 1.82) is 0 Å². The van der Waals surface area contributed by atoms with Gasteiger partial charge < -0.3 is 19.3 Å². The zero-order valence-corrected chi connectivity index (χ0v) is 13.2. The minimum atomic E-state index is -2.08. The molecule has 0 aliphatic heterocycles. The van der Waals surface area contributed by atoms with E-state index in [1.165, 1.54) is 13.8 Å². The lowest BCUT2D eigenvalue weighted by atomic mass is 10.1. The Labute approximate surface area is 111 Å². The Bertz CT molecular complexity index is 247. The Balaban J connectivity index is 3.97. The third-order valence-electron chi connectivity index (χ3n) is 2.55. The third kappa shape index (κ3) is 7.10. The standard InChI is InChI=1S/C12H27NO4Si/c1-6-16-18(5,17-7-2)10-8-9-13-11(14)12(3,4)15/h15H,6-10H2,1-5H3,(H,13,14). The van der Waals surface area contributed by atoms with Crippen LogP contribution in [0.2, 0.25) is 12.6 Å². The number of nitrogens with one attached hydrogen (secondary N) is 1. The van der Waals surface area contributed by atoms with Gasteiger partial charge in [0, 0.05) is 19.8 Å². The number of rotatable bonds is 9. The Morgan fingerprint density at radius 2 is 1.78 bits per heavy atom. The van der Waals surface area contributed by atoms with Crippen LogP contribution in [0.25, 0.3) is 0 Å². The smallest absolute Gasteiger partial charge is 0.334 e. The van der Waals surface area contributed by atoms with E-state index in [2.05, 4.69) is 5.32 Å². The maximum absolute atomic E-state index is 11.4. The summed E-state index contributed by atoms with van der Waals surface area (Å²) in [7, 11) is -2.08. The van der Waals surface area contributed by atoms with Gasteiger partial charge in [-0.1, -0.05) is 0 Å². The van der Waals surface area contributed by atoms with Crippen molar-refractivity contribution in [1.82, 2.24) is 5.32 Å². The van der Waals surface area contributed by atoms with Gasteiger partial charge in [-0.3, -0.25) is 4.79 Å². The molecule has 0 unspecified atom stereocenters. The van der Waals surface area contributed by atoms with Crippen molar-refractivity contribution >= 4 is 14.5 Å². The molecule has 6 heteroatoms. The van der Waals surface area contributed by atoms with Crippen molar-refractivity contribution in [2.45, 2.75) is 52.3 Å². The average Bonchev–Trinajstić information content (AvgIpc) is 2.23. The van der Waals surface area contributed by atoms with Gasteiger partial charge in [-0.05, 0) is 46.7 Å². The molecule has 0 spiro atoms. The summed E-state index contributed by atoms with van der Waals surface area (Å²) in [6.07, 6.45) is 0.796. The Morgan fingerprint density at radius 3 is 2.17 bits per heavy atom. The summed E-state index contributed by atoms with van der Waals surface area (Å²) in [4.78, 5) is 11.4. The molecule has 0 aliphatic rings. The fraction of sp³-hybridized carbons (Fsp3) is 0.917. The van der Waals surface area contributed by atoms with Gasteiger partial charge in [0.1, 0.15) is 5.60 Å². The van der Waals surface area contributed by atoms with Crippen LogP contribution >= 0.6 is 0 Å². The molecule has 2 N–H and O–H groups in total. The van der Waals surface area contributed by atoms with E-state index in [4.69, 9.17) is 8.85 Å². The molecule has 5 nitrogen and oxygen atoms in total. The molecule has 0 aromatic rings. The topological polar surface area (TPSA) is 67.8 Å². The molecule has 108 valence electrons. The van der Waals surface area contributed by atoms with Crippen LogP contribution < -0.4 is 5.32 Å². The summed E-state index contributed by atoms with van der Waals surface area (Å²) in [6, 6.07) is 0.834. The van der Waals surface area contributed by atoms with Crippen molar-refractivity contribution in [3.63, 3.8) is 0 Å². The Kier molecular flexibility index (Phi) is 7.69. The molecule has 0 saturated carbocycles. The lowest BCUT2D eigenvalue weighted by Crippen LogP contribution is -2.43. The molecule has 0 bridgehead atoms. The van der Waals surface area contributed by atoms with Gasteiger partial charge in [0.15, 0.2) is 0 Å². The summed E-state index contributed by atoms with van der Waals surface area (Å²) < 4.78 is 11.4. The van der Waals surface area contributed by atoms with Crippen molar-refractivity contribution in [3.05, 3.63) is 0 Å². The van der Waals surface area contributed by atoms with E-state index in [1.54, 1.807) is 0 Å². The van der Waals surface area contributed by atoms with Crippen molar-refractivity contribution in [2.24, 2.45) is 0 Å². The fourth-order valence-electron chi connectivity index (χ4n) is 1.62. The van der Waals surface area contributed by atoms with Gasteiger partial charge in [0.05, 0.1) is 0 Å². The number of hydrogen-bond acceptors (Lipinski definition) is 4. The average molecular weight is 277 g/mol. The first-order valence-electron chi connectivity index (χ1n) is 6.53. The second kappa shape index (κ2) is 7.88. The van der Waals surface area contributed by atoms with Crippen molar-refractivity contribution in [3.8, 4) is 0 Å². The second-order valence-electron chi connectivity index (χ2n) is 4.92. The van der Waals surface area contributed by atoms with Crippen molar-refractivity contribution in [2.75, 3.05) is 19.8 Å². The van der Waals surface area contributed by atoms with E-state index in [0.717, 1.165) is 12.5 Å². The van der Waals surface area contributed by atoms with Gasteiger partial charge in [0.25, 0.3) is 5.91 Å². The van der Waals surface area contributed by atoms with Crippen LogP contribution in [-0.2, 0) is 13.6 Å². The molecule has 0 fully saturated rings. The molecule has 18 heavy (non-hydrogen) atoms. The number of aliphatic hydroxyl groups is 1. The molecule has 0 heterocycles. The number of hydrogen-bond donors (Lipinski definition) is 2. The fourth-order valence-corrected chi connectivity index (χ4v) is 4.04.